The van der Waals surface area contributed by atoms with Crippen LogP contribution in [-0.4, -0.2) is 17.7 Å². The van der Waals surface area contributed by atoms with Crippen LogP contribution >= 0.6 is 0 Å². The third-order valence-corrected chi connectivity index (χ3v) is 1.50. The van der Waals surface area contributed by atoms with E-state index in [1.54, 1.807) is 12.3 Å². The van der Waals surface area contributed by atoms with E-state index in [9.17, 15) is 4.79 Å². The first-order valence-electron chi connectivity index (χ1n) is 3.36. The molecule has 1 aromatic heterocycles. The van der Waals surface area contributed by atoms with Crippen molar-refractivity contribution in [2.45, 2.75) is 0 Å². The highest BCUT2D eigenvalue weighted by Gasteiger charge is 2.03. The van der Waals surface area contributed by atoms with Gasteiger partial charge in [-0.2, -0.15) is 0 Å². The van der Waals surface area contributed by atoms with Gasteiger partial charge in [-0.3, -0.25) is 4.79 Å². The molecule has 11 heavy (non-hydrogen) atoms. The molecule has 56 valence electrons. The van der Waals surface area contributed by atoms with E-state index in [0.717, 1.165) is 12.2 Å². The molecule has 4 heteroatoms. The van der Waals surface area contributed by atoms with E-state index in [-0.39, 0.29) is 5.56 Å². The standard InChI is InChI=1S/C7H7N3O/c11-6-2-1-5-7(10-6)9-4-3-8-5/h1-2,4,8H,3H2,(H,10,11). The van der Waals surface area contributed by atoms with Crippen molar-refractivity contribution in [2.24, 2.45) is 4.99 Å². The fraction of sp³-hybridized carbons (Fsp3) is 0.143. The first-order valence-corrected chi connectivity index (χ1v) is 3.36. The molecule has 2 N–H and O–H groups in total. The number of fused-ring (bicyclic) bond motifs is 1. The van der Waals surface area contributed by atoms with Gasteiger partial charge in [-0.15, -0.1) is 0 Å². The Morgan fingerprint density at radius 3 is 3.27 bits per heavy atom. The van der Waals surface area contributed by atoms with Crippen molar-refractivity contribution in [1.29, 1.82) is 0 Å². The number of nitrogens with zero attached hydrogens (tertiary/aromatic N) is 1. The van der Waals surface area contributed by atoms with Crippen LogP contribution in [0, 0.1) is 0 Å². The van der Waals surface area contributed by atoms with Gasteiger partial charge in [0.25, 0.3) is 0 Å². The Bertz CT molecular complexity index is 353. The van der Waals surface area contributed by atoms with Gasteiger partial charge in [0, 0.05) is 12.3 Å². The predicted octanol–water partition coefficient (Wildman–Crippen LogP) is 0.503. The number of hydrogen-bond acceptors (Lipinski definition) is 3. The van der Waals surface area contributed by atoms with Gasteiger partial charge in [0.1, 0.15) is 0 Å². The summed E-state index contributed by atoms with van der Waals surface area (Å²) < 4.78 is 0. The van der Waals surface area contributed by atoms with Crippen LogP contribution in [0.25, 0.3) is 0 Å². The van der Waals surface area contributed by atoms with Crippen molar-refractivity contribution in [3.63, 3.8) is 0 Å². The molecule has 0 aliphatic carbocycles. The monoisotopic (exact) mass is 149 g/mol. The Morgan fingerprint density at radius 1 is 1.45 bits per heavy atom. The van der Waals surface area contributed by atoms with Crippen LogP contribution in [0.2, 0.25) is 0 Å². The van der Waals surface area contributed by atoms with Gasteiger partial charge < -0.3 is 10.3 Å². The Kier molecular flexibility index (Phi) is 1.25. The van der Waals surface area contributed by atoms with Gasteiger partial charge >= 0.3 is 0 Å². The minimum absolute atomic E-state index is 0.121. The van der Waals surface area contributed by atoms with Gasteiger partial charge in [0.15, 0.2) is 5.82 Å². The van der Waals surface area contributed by atoms with Crippen LogP contribution in [0.1, 0.15) is 0 Å². The number of rotatable bonds is 0. The molecule has 0 bridgehead atoms. The van der Waals surface area contributed by atoms with Gasteiger partial charge in [-0.25, -0.2) is 4.99 Å². The van der Waals surface area contributed by atoms with Crippen LogP contribution in [0.3, 0.4) is 0 Å². The SMILES string of the molecule is O=c1ccc2c([nH]1)N=CCN2. The molecule has 1 aromatic rings. The van der Waals surface area contributed by atoms with Crippen molar-refractivity contribution < 1.29 is 0 Å². The molecular formula is C7H7N3O. The highest BCUT2D eigenvalue weighted by molar-refractivity contribution is 5.77. The second kappa shape index (κ2) is 2.23. The van der Waals surface area contributed by atoms with Crippen molar-refractivity contribution in [1.82, 2.24) is 4.98 Å². The fourth-order valence-electron chi connectivity index (χ4n) is 1.00. The first-order chi connectivity index (χ1) is 5.36. The molecule has 0 saturated carbocycles. The number of H-pyrrole nitrogens is 1. The van der Waals surface area contributed by atoms with E-state index < -0.39 is 0 Å². The number of aliphatic imine (C=N–C) groups is 1. The van der Waals surface area contributed by atoms with Crippen molar-refractivity contribution in [3.8, 4) is 0 Å². The summed E-state index contributed by atoms with van der Waals surface area (Å²) >= 11 is 0. The van der Waals surface area contributed by atoms with E-state index in [1.807, 2.05) is 0 Å². The fourth-order valence-corrected chi connectivity index (χ4v) is 1.00. The van der Waals surface area contributed by atoms with E-state index in [1.165, 1.54) is 6.07 Å². The lowest BCUT2D eigenvalue weighted by molar-refractivity contribution is 1.17. The number of pyridine rings is 1. The maximum absolute atomic E-state index is 10.8. The lowest BCUT2D eigenvalue weighted by atomic mass is 10.3. The maximum atomic E-state index is 10.8. The molecule has 0 spiro atoms. The normalized spacial score (nSPS) is 13.8. The average Bonchev–Trinajstić information content (AvgIpc) is 2.04. The zero-order valence-electron chi connectivity index (χ0n) is 5.79. The van der Waals surface area contributed by atoms with Crippen LogP contribution in [0.5, 0.6) is 0 Å². The quantitative estimate of drug-likeness (QED) is 0.564. The highest BCUT2D eigenvalue weighted by atomic mass is 16.1. The maximum Gasteiger partial charge on any atom is 0.249 e. The van der Waals surface area contributed by atoms with E-state index in [2.05, 4.69) is 15.3 Å². The van der Waals surface area contributed by atoms with Crippen LogP contribution in [0.15, 0.2) is 21.9 Å². The molecule has 1 aliphatic rings. The summed E-state index contributed by atoms with van der Waals surface area (Å²) in [6.07, 6.45) is 1.72. The van der Waals surface area contributed by atoms with Gasteiger partial charge in [-0.05, 0) is 6.07 Å². The van der Waals surface area contributed by atoms with E-state index in [4.69, 9.17) is 0 Å². The third kappa shape index (κ3) is 1.02. The average molecular weight is 149 g/mol. The Balaban J connectivity index is 2.63. The lowest BCUT2D eigenvalue weighted by Crippen LogP contribution is -2.11. The summed E-state index contributed by atoms with van der Waals surface area (Å²) in [5.74, 6) is 0.615. The number of aromatic amines is 1. The molecule has 0 atom stereocenters. The van der Waals surface area contributed by atoms with Gasteiger partial charge in [0.05, 0.1) is 12.2 Å². The van der Waals surface area contributed by atoms with Crippen LogP contribution in [-0.2, 0) is 0 Å². The summed E-state index contributed by atoms with van der Waals surface area (Å²) in [4.78, 5) is 17.4. The summed E-state index contributed by atoms with van der Waals surface area (Å²) in [6, 6.07) is 3.21. The molecule has 2 rings (SSSR count). The molecular weight excluding hydrogens is 142 g/mol. The summed E-state index contributed by atoms with van der Waals surface area (Å²) in [5, 5.41) is 3.07. The predicted molar refractivity (Wildman–Crippen MR) is 43.7 cm³/mol. The van der Waals surface area contributed by atoms with Crippen LogP contribution in [0.4, 0.5) is 11.5 Å². The largest absolute Gasteiger partial charge is 0.377 e. The summed E-state index contributed by atoms with van der Waals surface area (Å²) in [7, 11) is 0. The molecule has 0 radical (unpaired) electrons. The van der Waals surface area contributed by atoms with Crippen molar-refractivity contribution in [2.75, 3.05) is 11.9 Å². The molecule has 0 saturated heterocycles. The Morgan fingerprint density at radius 2 is 2.36 bits per heavy atom. The lowest BCUT2D eigenvalue weighted by Gasteiger charge is -2.09. The zero-order chi connectivity index (χ0) is 7.68. The van der Waals surface area contributed by atoms with Crippen molar-refractivity contribution in [3.05, 3.63) is 22.5 Å². The second-order valence-electron chi connectivity index (χ2n) is 2.28. The molecule has 0 unspecified atom stereocenters. The number of aromatic nitrogens is 1. The minimum atomic E-state index is -0.121. The van der Waals surface area contributed by atoms with E-state index in [0.29, 0.717) is 5.82 Å². The number of anilines is 1. The third-order valence-electron chi connectivity index (χ3n) is 1.50. The molecule has 2 heterocycles. The highest BCUT2D eigenvalue weighted by Crippen LogP contribution is 2.20. The smallest absolute Gasteiger partial charge is 0.249 e. The molecule has 1 aliphatic heterocycles. The molecule has 4 nitrogen and oxygen atoms in total. The second-order valence-corrected chi connectivity index (χ2v) is 2.28. The first kappa shape index (κ1) is 6.15. The van der Waals surface area contributed by atoms with E-state index >= 15 is 0 Å². The topological polar surface area (TPSA) is 57.2 Å². The number of nitrogens with one attached hydrogen (secondary N) is 2. The van der Waals surface area contributed by atoms with Crippen LogP contribution < -0.4 is 10.9 Å². The Labute approximate surface area is 63.0 Å². The summed E-state index contributed by atoms with van der Waals surface area (Å²) in [5.41, 5.74) is 0.761. The Hall–Kier alpha value is -1.58. The van der Waals surface area contributed by atoms with Gasteiger partial charge in [-0.1, -0.05) is 0 Å². The minimum Gasteiger partial charge on any atom is -0.377 e. The van der Waals surface area contributed by atoms with Gasteiger partial charge in [0.2, 0.25) is 5.56 Å². The summed E-state index contributed by atoms with van der Waals surface area (Å²) in [6.45, 7) is 0.721. The molecule has 0 aromatic carbocycles. The molecule has 0 amide bonds. The van der Waals surface area contributed by atoms with Crippen molar-refractivity contribution >= 4 is 17.7 Å². The molecule has 0 fully saturated rings. The number of hydrogen-bond donors (Lipinski definition) is 2. The zero-order valence-corrected chi connectivity index (χ0v) is 5.79.